The maximum absolute atomic E-state index is 11.4. The Morgan fingerprint density at radius 1 is 1.35 bits per heavy atom. The summed E-state index contributed by atoms with van der Waals surface area (Å²) in [5.74, 6) is 0.688. The normalized spacial score (nSPS) is 13.9. The Morgan fingerprint density at radius 2 is 1.94 bits per heavy atom. The molecule has 4 nitrogen and oxygen atoms in total. The van der Waals surface area contributed by atoms with E-state index in [0.717, 1.165) is 11.3 Å². The van der Waals surface area contributed by atoms with Gasteiger partial charge >= 0.3 is 0 Å². The predicted molar refractivity (Wildman–Crippen MR) is 67.8 cm³/mol. The van der Waals surface area contributed by atoms with Crippen LogP contribution in [0.1, 0.15) is 32.4 Å². The summed E-state index contributed by atoms with van der Waals surface area (Å²) in [4.78, 5) is 11.4. The van der Waals surface area contributed by atoms with Gasteiger partial charge in [-0.15, -0.1) is 0 Å². The molecule has 0 aromatic heterocycles. The maximum Gasteiger partial charge on any atom is 0.237 e. The fourth-order valence-corrected chi connectivity index (χ4v) is 1.45. The quantitative estimate of drug-likeness (QED) is 0.816. The van der Waals surface area contributed by atoms with Gasteiger partial charge in [-0.3, -0.25) is 4.79 Å². The Kier molecular flexibility index (Phi) is 4.97. The van der Waals surface area contributed by atoms with Crippen molar-refractivity contribution in [3.63, 3.8) is 0 Å². The lowest BCUT2D eigenvalue weighted by atomic mass is 10.1. The van der Waals surface area contributed by atoms with Gasteiger partial charge in [-0.1, -0.05) is 12.1 Å². The molecule has 2 atom stereocenters. The first kappa shape index (κ1) is 13.5. The molecule has 0 bridgehead atoms. The van der Waals surface area contributed by atoms with Crippen LogP contribution in [0, 0.1) is 0 Å². The second kappa shape index (κ2) is 6.25. The standard InChI is InChI=1S/C13H20N2O2/c1-4-17-12-7-5-11(6-8-12)10(3)15-13(16)9(2)14/h5-10H,4,14H2,1-3H3,(H,15,16). The van der Waals surface area contributed by atoms with Crippen molar-refractivity contribution >= 4 is 5.91 Å². The number of nitrogens with one attached hydrogen (secondary N) is 1. The second-order valence-electron chi connectivity index (χ2n) is 4.02. The van der Waals surface area contributed by atoms with Gasteiger partial charge in [0.1, 0.15) is 5.75 Å². The van der Waals surface area contributed by atoms with E-state index in [1.165, 1.54) is 0 Å². The van der Waals surface area contributed by atoms with Crippen LogP contribution in [-0.4, -0.2) is 18.6 Å². The molecule has 17 heavy (non-hydrogen) atoms. The number of carbonyl (C=O) groups is 1. The highest BCUT2D eigenvalue weighted by Gasteiger charge is 2.12. The maximum atomic E-state index is 11.4. The molecule has 0 radical (unpaired) electrons. The van der Waals surface area contributed by atoms with Crippen molar-refractivity contribution < 1.29 is 9.53 Å². The van der Waals surface area contributed by atoms with E-state index in [1.54, 1.807) is 6.92 Å². The van der Waals surface area contributed by atoms with Crippen molar-refractivity contribution in [3.05, 3.63) is 29.8 Å². The molecular weight excluding hydrogens is 216 g/mol. The number of ether oxygens (including phenoxy) is 1. The molecule has 4 heteroatoms. The average Bonchev–Trinajstić information content (AvgIpc) is 2.30. The topological polar surface area (TPSA) is 64.3 Å². The van der Waals surface area contributed by atoms with Crippen molar-refractivity contribution in [3.8, 4) is 5.75 Å². The lowest BCUT2D eigenvalue weighted by Crippen LogP contribution is -2.39. The zero-order valence-corrected chi connectivity index (χ0v) is 10.6. The number of benzene rings is 1. The minimum atomic E-state index is -0.486. The van der Waals surface area contributed by atoms with Crippen molar-refractivity contribution in [2.24, 2.45) is 5.73 Å². The molecule has 3 N–H and O–H groups in total. The molecule has 0 fully saturated rings. The fraction of sp³-hybridized carbons (Fsp3) is 0.462. The van der Waals surface area contributed by atoms with Gasteiger partial charge in [0.2, 0.25) is 5.91 Å². The highest BCUT2D eigenvalue weighted by atomic mass is 16.5. The van der Waals surface area contributed by atoms with Crippen LogP contribution >= 0.6 is 0 Å². The first-order valence-electron chi connectivity index (χ1n) is 5.83. The molecule has 0 spiro atoms. The summed E-state index contributed by atoms with van der Waals surface area (Å²) in [7, 11) is 0. The van der Waals surface area contributed by atoms with Crippen LogP contribution in [0.15, 0.2) is 24.3 Å². The number of hydrogen-bond acceptors (Lipinski definition) is 3. The van der Waals surface area contributed by atoms with Crippen LogP contribution in [0.2, 0.25) is 0 Å². The van der Waals surface area contributed by atoms with Gasteiger partial charge < -0.3 is 15.8 Å². The van der Waals surface area contributed by atoms with Gasteiger partial charge in [0, 0.05) is 0 Å². The summed E-state index contributed by atoms with van der Waals surface area (Å²) in [6.07, 6.45) is 0. The van der Waals surface area contributed by atoms with E-state index >= 15 is 0 Å². The van der Waals surface area contributed by atoms with E-state index in [2.05, 4.69) is 5.32 Å². The van der Waals surface area contributed by atoms with Gasteiger partial charge in [-0.2, -0.15) is 0 Å². The summed E-state index contributed by atoms with van der Waals surface area (Å²) in [6, 6.07) is 7.14. The SMILES string of the molecule is CCOc1ccc(C(C)NC(=O)C(C)N)cc1. The van der Waals surface area contributed by atoms with Crippen LogP contribution in [0.3, 0.4) is 0 Å². The molecule has 94 valence electrons. The highest BCUT2D eigenvalue weighted by Crippen LogP contribution is 2.17. The molecule has 2 unspecified atom stereocenters. The van der Waals surface area contributed by atoms with Crippen molar-refractivity contribution in [2.75, 3.05) is 6.61 Å². The average molecular weight is 236 g/mol. The lowest BCUT2D eigenvalue weighted by Gasteiger charge is -2.16. The van der Waals surface area contributed by atoms with E-state index in [-0.39, 0.29) is 11.9 Å². The van der Waals surface area contributed by atoms with E-state index in [1.807, 2.05) is 38.1 Å². The zero-order chi connectivity index (χ0) is 12.8. The zero-order valence-electron chi connectivity index (χ0n) is 10.6. The third kappa shape index (κ3) is 4.07. The lowest BCUT2D eigenvalue weighted by molar-refractivity contribution is -0.122. The molecule has 1 rings (SSSR count). The van der Waals surface area contributed by atoms with Crippen LogP contribution in [0.5, 0.6) is 5.75 Å². The van der Waals surface area contributed by atoms with Gasteiger partial charge in [0.15, 0.2) is 0 Å². The van der Waals surface area contributed by atoms with Crippen LogP contribution < -0.4 is 15.8 Å². The summed E-state index contributed by atoms with van der Waals surface area (Å²) >= 11 is 0. The Labute approximate surface area is 102 Å². The predicted octanol–water partition coefficient (Wildman–Crippen LogP) is 1.61. The molecule has 1 amide bonds. The van der Waals surface area contributed by atoms with Gasteiger partial charge in [0.25, 0.3) is 0 Å². The number of rotatable bonds is 5. The molecule has 0 aliphatic carbocycles. The number of nitrogens with two attached hydrogens (primary N) is 1. The van der Waals surface area contributed by atoms with Crippen molar-refractivity contribution in [1.29, 1.82) is 0 Å². The van der Waals surface area contributed by atoms with E-state index in [0.29, 0.717) is 6.61 Å². The number of carbonyl (C=O) groups excluding carboxylic acids is 1. The molecular formula is C13H20N2O2. The van der Waals surface area contributed by atoms with E-state index < -0.39 is 6.04 Å². The molecule has 1 aromatic carbocycles. The van der Waals surface area contributed by atoms with Crippen molar-refractivity contribution in [1.82, 2.24) is 5.32 Å². The molecule has 0 aliphatic heterocycles. The summed E-state index contributed by atoms with van der Waals surface area (Å²) in [5, 5.41) is 2.84. The fourth-order valence-electron chi connectivity index (χ4n) is 1.45. The monoisotopic (exact) mass is 236 g/mol. The molecule has 0 saturated heterocycles. The third-order valence-corrected chi connectivity index (χ3v) is 2.46. The molecule has 0 saturated carbocycles. The van der Waals surface area contributed by atoms with Crippen LogP contribution in [-0.2, 0) is 4.79 Å². The summed E-state index contributed by atoms with van der Waals surface area (Å²) < 4.78 is 5.35. The smallest absolute Gasteiger partial charge is 0.237 e. The first-order valence-corrected chi connectivity index (χ1v) is 5.83. The van der Waals surface area contributed by atoms with Crippen LogP contribution in [0.25, 0.3) is 0 Å². The highest BCUT2D eigenvalue weighted by molar-refractivity contribution is 5.81. The first-order chi connectivity index (χ1) is 8.04. The van der Waals surface area contributed by atoms with Crippen LogP contribution in [0.4, 0.5) is 0 Å². The molecule has 0 heterocycles. The summed E-state index contributed by atoms with van der Waals surface area (Å²) in [6.45, 7) is 6.19. The van der Waals surface area contributed by atoms with Gasteiger partial charge in [-0.25, -0.2) is 0 Å². The minimum absolute atomic E-state index is 0.0517. The Morgan fingerprint density at radius 3 is 2.41 bits per heavy atom. The molecule has 0 aliphatic rings. The Hall–Kier alpha value is -1.55. The summed E-state index contributed by atoms with van der Waals surface area (Å²) in [5.41, 5.74) is 6.52. The number of hydrogen-bond donors (Lipinski definition) is 2. The third-order valence-electron chi connectivity index (χ3n) is 2.46. The Balaban J connectivity index is 2.63. The molecule has 1 aromatic rings. The minimum Gasteiger partial charge on any atom is -0.494 e. The number of amides is 1. The van der Waals surface area contributed by atoms with Crippen molar-refractivity contribution in [2.45, 2.75) is 32.9 Å². The van der Waals surface area contributed by atoms with E-state index in [9.17, 15) is 4.79 Å². The van der Waals surface area contributed by atoms with E-state index in [4.69, 9.17) is 10.5 Å². The largest absolute Gasteiger partial charge is 0.494 e. The van der Waals surface area contributed by atoms with Gasteiger partial charge in [-0.05, 0) is 38.5 Å². The second-order valence-corrected chi connectivity index (χ2v) is 4.02. The Bertz CT molecular complexity index is 360. The van der Waals surface area contributed by atoms with Gasteiger partial charge in [0.05, 0.1) is 18.7 Å².